The quantitative estimate of drug-likeness (QED) is 0.899. The second-order valence-corrected chi connectivity index (χ2v) is 6.53. The maximum absolute atomic E-state index is 4.41. The molecule has 1 N–H and O–H groups in total. The van der Waals surface area contributed by atoms with Crippen molar-refractivity contribution in [1.29, 1.82) is 0 Å². The lowest BCUT2D eigenvalue weighted by Gasteiger charge is -2.27. The Kier molecular flexibility index (Phi) is 4.61. The molecule has 0 saturated carbocycles. The van der Waals surface area contributed by atoms with Crippen LogP contribution >= 0.6 is 0 Å². The Balaban J connectivity index is 1.88. The van der Waals surface area contributed by atoms with Gasteiger partial charge < -0.3 is 5.32 Å². The van der Waals surface area contributed by atoms with Gasteiger partial charge in [0.15, 0.2) is 0 Å². The molecule has 0 spiro atoms. The summed E-state index contributed by atoms with van der Waals surface area (Å²) < 4.78 is 1.92. The van der Waals surface area contributed by atoms with E-state index < -0.39 is 0 Å². The topological polar surface area (TPSA) is 29.9 Å². The minimum Gasteiger partial charge on any atom is -0.312 e. The van der Waals surface area contributed by atoms with Gasteiger partial charge in [0.2, 0.25) is 0 Å². The zero-order valence-corrected chi connectivity index (χ0v) is 12.9. The Hall–Kier alpha value is -1.61. The molecule has 1 aromatic heterocycles. The lowest BCUT2D eigenvalue weighted by molar-refractivity contribution is 0.252. The van der Waals surface area contributed by atoms with Crippen LogP contribution < -0.4 is 5.32 Å². The summed E-state index contributed by atoms with van der Waals surface area (Å²) in [6, 6.07) is 10.2. The van der Waals surface area contributed by atoms with Gasteiger partial charge in [0.05, 0.1) is 11.9 Å². The first-order valence-corrected chi connectivity index (χ1v) is 7.26. The molecule has 1 atom stereocenters. The van der Waals surface area contributed by atoms with E-state index in [2.05, 4.69) is 56.4 Å². The van der Waals surface area contributed by atoms with Crippen LogP contribution in [0.15, 0.2) is 42.7 Å². The van der Waals surface area contributed by atoms with Crippen molar-refractivity contribution in [2.24, 2.45) is 11.3 Å². The molecule has 108 valence electrons. The minimum atomic E-state index is 0.348. The molecular weight excluding hydrogens is 246 g/mol. The van der Waals surface area contributed by atoms with Gasteiger partial charge in [-0.2, -0.15) is 5.10 Å². The molecule has 0 saturated heterocycles. The molecule has 1 aromatic carbocycles. The fourth-order valence-corrected chi connectivity index (χ4v) is 1.91. The molecule has 0 radical (unpaired) electrons. The number of benzene rings is 1. The summed E-state index contributed by atoms with van der Waals surface area (Å²) >= 11 is 0. The number of aromatic nitrogens is 2. The summed E-state index contributed by atoms with van der Waals surface area (Å²) in [6.45, 7) is 11.0. The summed E-state index contributed by atoms with van der Waals surface area (Å²) in [6.07, 6.45) is 4.02. The van der Waals surface area contributed by atoms with Gasteiger partial charge in [0.25, 0.3) is 0 Å². The number of nitrogens with one attached hydrogen (secondary N) is 1. The van der Waals surface area contributed by atoms with Crippen molar-refractivity contribution in [2.75, 3.05) is 6.54 Å². The molecule has 3 nitrogen and oxygen atoms in total. The largest absolute Gasteiger partial charge is 0.312 e. The molecule has 2 rings (SSSR count). The van der Waals surface area contributed by atoms with E-state index >= 15 is 0 Å². The molecule has 0 aliphatic rings. The van der Waals surface area contributed by atoms with E-state index in [0.717, 1.165) is 18.8 Å². The number of hydrogen-bond acceptors (Lipinski definition) is 2. The van der Waals surface area contributed by atoms with Crippen molar-refractivity contribution in [3.8, 4) is 5.69 Å². The summed E-state index contributed by atoms with van der Waals surface area (Å²) in [5.41, 5.74) is 2.66. The summed E-state index contributed by atoms with van der Waals surface area (Å²) in [5.74, 6) is 0.645. The molecule has 2 aromatic rings. The second kappa shape index (κ2) is 6.23. The lowest BCUT2D eigenvalue weighted by atomic mass is 9.82. The van der Waals surface area contributed by atoms with Gasteiger partial charge in [0, 0.05) is 18.3 Å². The highest BCUT2D eigenvalue weighted by Crippen LogP contribution is 2.24. The van der Waals surface area contributed by atoms with Gasteiger partial charge in [-0.1, -0.05) is 45.9 Å². The Bertz CT molecular complexity index is 523. The smallest absolute Gasteiger partial charge is 0.0645 e. The second-order valence-electron chi connectivity index (χ2n) is 6.53. The Morgan fingerprint density at radius 2 is 1.90 bits per heavy atom. The zero-order valence-electron chi connectivity index (χ0n) is 12.9. The van der Waals surface area contributed by atoms with Crippen LogP contribution in [-0.4, -0.2) is 16.3 Å². The number of para-hydroxylation sites is 1. The van der Waals surface area contributed by atoms with Crippen LogP contribution in [0.5, 0.6) is 0 Å². The van der Waals surface area contributed by atoms with E-state index in [4.69, 9.17) is 0 Å². The maximum atomic E-state index is 4.41. The highest BCUT2D eigenvalue weighted by atomic mass is 15.3. The van der Waals surface area contributed by atoms with Gasteiger partial charge in [-0.25, -0.2) is 4.68 Å². The van der Waals surface area contributed by atoms with Gasteiger partial charge in [0.1, 0.15) is 0 Å². The molecule has 0 fully saturated rings. The standard InChI is InChI=1S/C17H25N3/c1-14(17(2,3)4)10-18-11-15-12-19-20(13-15)16-8-6-5-7-9-16/h5-9,12-14,18H,10-11H2,1-4H3. The maximum Gasteiger partial charge on any atom is 0.0645 e. The van der Waals surface area contributed by atoms with Crippen LogP contribution in [0.25, 0.3) is 5.69 Å². The fraction of sp³-hybridized carbons (Fsp3) is 0.471. The Labute approximate surface area is 122 Å². The fourth-order valence-electron chi connectivity index (χ4n) is 1.91. The van der Waals surface area contributed by atoms with Crippen LogP contribution in [0.1, 0.15) is 33.3 Å². The molecule has 0 aliphatic carbocycles. The predicted molar refractivity (Wildman–Crippen MR) is 83.9 cm³/mol. The SMILES string of the molecule is CC(CNCc1cnn(-c2ccccc2)c1)C(C)(C)C. The van der Waals surface area contributed by atoms with Gasteiger partial charge >= 0.3 is 0 Å². The normalized spacial score (nSPS) is 13.4. The third-order valence-corrected chi connectivity index (χ3v) is 3.91. The first-order chi connectivity index (χ1) is 9.47. The third-order valence-electron chi connectivity index (χ3n) is 3.91. The van der Waals surface area contributed by atoms with E-state index in [-0.39, 0.29) is 0 Å². The Morgan fingerprint density at radius 3 is 2.55 bits per heavy atom. The van der Waals surface area contributed by atoms with Crippen molar-refractivity contribution in [3.05, 3.63) is 48.3 Å². The number of rotatable bonds is 5. The van der Waals surface area contributed by atoms with Crippen LogP contribution in [0.3, 0.4) is 0 Å². The lowest BCUT2D eigenvalue weighted by Crippen LogP contribution is -2.29. The summed E-state index contributed by atoms with van der Waals surface area (Å²) in [4.78, 5) is 0. The van der Waals surface area contributed by atoms with Gasteiger partial charge in [-0.3, -0.25) is 0 Å². The van der Waals surface area contributed by atoms with Crippen molar-refractivity contribution in [1.82, 2.24) is 15.1 Å². The molecule has 0 amide bonds. The van der Waals surface area contributed by atoms with Gasteiger partial charge in [-0.05, 0) is 30.0 Å². The number of nitrogens with zero attached hydrogens (tertiary/aromatic N) is 2. The van der Waals surface area contributed by atoms with Crippen molar-refractivity contribution in [2.45, 2.75) is 34.2 Å². The average molecular weight is 271 g/mol. The minimum absolute atomic E-state index is 0.348. The third kappa shape index (κ3) is 3.94. The molecule has 20 heavy (non-hydrogen) atoms. The highest BCUT2D eigenvalue weighted by molar-refractivity contribution is 5.30. The summed E-state index contributed by atoms with van der Waals surface area (Å²) in [7, 11) is 0. The molecular formula is C17H25N3. The molecule has 0 bridgehead atoms. The van der Waals surface area contributed by atoms with E-state index in [0.29, 0.717) is 11.3 Å². The van der Waals surface area contributed by atoms with Crippen LogP contribution in [-0.2, 0) is 6.54 Å². The van der Waals surface area contributed by atoms with E-state index in [9.17, 15) is 0 Å². The summed E-state index contributed by atoms with van der Waals surface area (Å²) in [5, 5.41) is 7.93. The van der Waals surface area contributed by atoms with E-state index in [1.807, 2.05) is 29.1 Å². The molecule has 0 aliphatic heterocycles. The molecule has 3 heteroatoms. The molecule has 1 unspecified atom stereocenters. The van der Waals surface area contributed by atoms with E-state index in [1.165, 1.54) is 5.56 Å². The monoisotopic (exact) mass is 271 g/mol. The average Bonchev–Trinajstić information content (AvgIpc) is 2.87. The highest BCUT2D eigenvalue weighted by Gasteiger charge is 2.19. The Morgan fingerprint density at radius 1 is 1.20 bits per heavy atom. The van der Waals surface area contributed by atoms with E-state index in [1.54, 1.807) is 0 Å². The van der Waals surface area contributed by atoms with Crippen molar-refractivity contribution >= 4 is 0 Å². The van der Waals surface area contributed by atoms with Crippen LogP contribution in [0.2, 0.25) is 0 Å². The molecule has 1 heterocycles. The van der Waals surface area contributed by atoms with Gasteiger partial charge in [-0.15, -0.1) is 0 Å². The van der Waals surface area contributed by atoms with Crippen LogP contribution in [0, 0.1) is 11.3 Å². The van der Waals surface area contributed by atoms with Crippen molar-refractivity contribution in [3.63, 3.8) is 0 Å². The predicted octanol–water partition coefficient (Wildman–Crippen LogP) is 3.64. The number of hydrogen-bond donors (Lipinski definition) is 1. The van der Waals surface area contributed by atoms with Crippen LogP contribution in [0.4, 0.5) is 0 Å². The first-order valence-electron chi connectivity index (χ1n) is 7.26. The van der Waals surface area contributed by atoms with Crippen molar-refractivity contribution < 1.29 is 0 Å². The zero-order chi connectivity index (χ0) is 14.6. The first kappa shape index (κ1) is 14.8.